The zero-order chi connectivity index (χ0) is 20.3. The monoisotopic (exact) mass is 427 g/mol. The van der Waals surface area contributed by atoms with Crippen LogP contribution >= 0.6 is 11.3 Å². The molecule has 1 saturated heterocycles. The molecule has 0 radical (unpaired) electrons. The van der Waals surface area contributed by atoms with Crippen LogP contribution in [0, 0.1) is 0 Å². The van der Waals surface area contributed by atoms with E-state index in [1.54, 1.807) is 27.8 Å². The van der Waals surface area contributed by atoms with Crippen LogP contribution in [0.4, 0.5) is 5.69 Å². The topological polar surface area (TPSA) is 54.7 Å². The van der Waals surface area contributed by atoms with Gasteiger partial charge in [-0.3, -0.25) is 0 Å². The fraction of sp³-hybridized carbons (Fsp3) is 0.318. The minimum Gasteiger partial charge on any atom is -0.317 e. The van der Waals surface area contributed by atoms with Gasteiger partial charge in [0.2, 0.25) is 10.0 Å². The zero-order valence-electron chi connectivity index (χ0n) is 16.5. The van der Waals surface area contributed by atoms with Crippen molar-refractivity contribution in [3.63, 3.8) is 0 Å². The first kappa shape index (κ1) is 20.1. The number of aromatic nitrogens is 1. The second-order valence-corrected chi connectivity index (χ2v) is 9.86. The first-order chi connectivity index (χ1) is 14.1. The molecule has 1 aliphatic heterocycles. The third-order valence-corrected chi connectivity index (χ3v) is 7.97. The Morgan fingerprint density at radius 3 is 2.31 bits per heavy atom. The van der Waals surface area contributed by atoms with Crippen LogP contribution in [0.5, 0.6) is 0 Å². The predicted molar refractivity (Wildman–Crippen MR) is 118 cm³/mol. The van der Waals surface area contributed by atoms with Gasteiger partial charge in [-0.1, -0.05) is 36.8 Å². The van der Waals surface area contributed by atoms with Crippen LogP contribution in [0.1, 0.15) is 26.2 Å². The van der Waals surface area contributed by atoms with Crippen LogP contribution < -0.4 is 4.80 Å². The lowest BCUT2D eigenvalue weighted by Crippen LogP contribution is -2.35. The molecule has 1 fully saturated rings. The summed E-state index contributed by atoms with van der Waals surface area (Å²) in [6, 6.07) is 17.2. The van der Waals surface area contributed by atoms with Crippen molar-refractivity contribution < 1.29 is 8.42 Å². The number of sulfonamides is 1. The van der Waals surface area contributed by atoms with Crippen molar-refractivity contribution in [3.8, 4) is 11.3 Å². The van der Waals surface area contributed by atoms with E-state index in [1.165, 1.54) is 0 Å². The van der Waals surface area contributed by atoms with E-state index < -0.39 is 10.0 Å². The number of piperidine rings is 1. The summed E-state index contributed by atoms with van der Waals surface area (Å²) in [5.41, 5.74) is 2.97. The van der Waals surface area contributed by atoms with E-state index in [-0.39, 0.29) is 0 Å². The molecule has 7 heteroatoms. The lowest BCUT2D eigenvalue weighted by atomic mass is 10.2. The molecule has 1 aromatic heterocycles. The van der Waals surface area contributed by atoms with Crippen molar-refractivity contribution in [1.29, 1.82) is 0 Å². The summed E-state index contributed by atoms with van der Waals surface area (Å²) in [7, 11) is -3.40. The van der Waals surface area contributed by atoms with Crippen molar-refractivity contribution in [3.05, 3.63) is 64.8 Å². The average Bonchev–Trinajstić information content (AvgIpc) is 3.17. The Morgan fingerprint density at radius 1 is 0.966 bits per heavy atom. The number of hydrogen-bond acceptors (Lipinski definition) is 4. The molecule has 0 atom stereocenters. The minimum atomic E-state index is -3.40. The molecule has 2 heterocycles. The molecule has 3 aromatic rings. The molecule has 0 saturated carbocycles. The van der Waals surface area contributed by atoms with E-state index in [2.05, 4.69) is 16.9 Å². The molecule has 0 spiro atoms. The van der Waals surface area contributed by atoms with Gasteiger partial charge in [0.15, 0.2) is 4.80 Å². The van der Waals surface area contributed by atoms with Crippen LogP contribution in [0.15, 0.2) is 69.9 Å². The van der Waals surface area contributed by atoms with Crippen LogP contribution in [-0.4, -0.2) is 30.4 Å². The SMILES string of the molecule is CCn1c(-c2ccc(S(=O)(=O)N3CCCCC3)cc2)csc1=Nc1ccccc1. The first-order valence-corrected chi connectivity index (χ1v) is 12.3. The van der Waals surface area contributed by atoms with Gasteiger partial charge < -0.3 is 4.57 Å². The summed E-state index contributed by atoms with van der Waals surface area (Å²) in [5, 5.41) is 2.08. The molecule has 152 valence electrons. The molecule has 0 unspecified atom stereocenters. The van der Waals surface area contributed by atoms with Gasteiger partial charge in [-0.2, -0.15) is 4.31 Å². The highest BCUT2D eigenvalue weighted by atomic mass is 32.2. The molecule has 29 heavy (non-hydrogen) atoms. The number of rotatable bonds is 5. The molecule has 2 aromatic carbocycles. The highest BCUT2D eigenvalue weighted by molar-refractivity contribution is 7.89. The number of thiazole rings is 1. The van der Waals surface area contributed by atoms with Gasteiger partial charge in [-0.15, -0.1) is 11.3 Å². The maximum absolute atomic E-state index is 12.9. The van der Waals surface area contributed by atoms with Crippen molar-refractivity contribution in [2.75, 3.05) is 13.1 Å². The van der Waals surface area contributed by atoms with E-state index in [1.807, 2.05) is 42.5 Å². The van der Waals surface area contributed by atoms with Crippen molar-refractivity contribution in [2.45, 2.75) is 37.6 Å². The van der Waals surface area contributed by atoms with Gasteiger partial charge in [0.05, 0.1) is 16.3 Å². The van der Waals surface area contributed by atoms with E-state index >= 15 is 0 Å². The number of para-hydroxylation sites is 1. The van der Waals surface area contributed by atoms with E-state index in [4.69, 9.17) is 4.99 Å². The fourth-order valence-electron chi connectivity index (χ4n) is 3.62. The number of benzene rings is 2. The highest BCUT2D eigenvalue weighted by Gasteiger charge is 2.25. The molecule has 5 nitrogen and oxygen atoms in total. The second-order valence-electron chi connectivity index (χ2n) is 7.08. The molecule has 0 bridgehead atoms. The Balaban J connectivity index is 1.65. The highest BCUT2D eigenvalue weighted by Crippen LogP contribution is 2.25. The molecule has 0 amide bonds. The first-order valence-electron chi connectivity index (χ1n) is 9.98. The number of hydrogen-bond donors (Lipinski definition) is 0. The Bertz CT molecular complexity index is 1120. The second kappa shape index (κ2) is 8.65. The summed E-state index contributed by atoms with van der Waals surface area (Å²) in [5.74, 6) is 0. The lowest BCUT2D eigenvalue weighted by Gasteiger charge is -2.25. The van der Waals surface area contributed by atoms with Gasteiger partial charge in [-0.05, 0) is 49.6 Å². The summed E-state index contributed by atoms with van der Waals surface area (Å²) in [6.45, 7) is 4.12. The summed E-state index contributed by atoms with van der Waals surface area (Å²) in [6.07, 6.45) is 2.99. The fourth-order valence-corrected chi connectivity index (χ4v) is 6.13. The average molecular weight is 428 g/mol. The van der Waals surface area contributed by atoms with Crippen LogP contribution in [0.3, 0.4) is 0 Å². The summed E-state index contributed by atoms with van der Waals surface area (Å²) in [4.78, 5) is 6.06. The third kappa shape index (κ3) is 4.22. The van der Waals surface area contributed by atoms with E-state index in [9.17, 15) is 8.42 Å². The van der Waals surface area contributed by atoms with Crippen molar-refractivity contribution in [1.82, 2.24) is 8.87 Å². The van der Waals surface area contributed by atoms with Gasteiger partial charge in [0.1, 0.15) is 0 Å². The largest absolute Gasteiger partial charge is 0.317 e. The Kier molecular flexibility index (Phi) is 5.99. The van der Waals surface area contributed by atoms with Crippen molar-refractivity contribution in [2.24, 2.45) is 4.99 Å². The maximum atomic E-state index is 12.9. The van der Waals surface area contributed by atoms with Gasteiger partial charge in [0, 0.05) is 25.0 Å². The normalized spacial score (nSPS) is 16.2. The number of nitrogens with zero attached hydrogens (tertiary/aromatic N) is 3. The standard InChI is InChI=1S/C22H25N3O2S2/c1-2-25-21(17-28-22(25)23-19-9-5-3-6-10-19)18-11-13-20(14-12-18)29(26,27)24-15-7-4-8-16-24/h3,5-6,9-14,17H,2,4,7-8,15-16H2,1H3. The Hall–Kier alpha value is -2.22. The quantitative estimate of drug-likeness (QED) is 0.595. The maximum Gasteiger partial charge on any atom is 0.243 e. The molecular weight excluding hydrogens is 402 g/mol. The smallest absolute Gasteiger partial charge is 0.243 e. The van der Waals surface area contributed by atoms with Crippen LogP contribution in [0.2, 0.25) is 0 Å². The predicted octanol–water partition coefficient (Wildman–Crippen LogP) is 4.64. The van der Waals surface area contributed by atoms with Crippen LogP contribution in [0.25, 0.3) is 11.3 Å². The van der Waals surface area contributed by atoms with Crippen LogP contribution in [-0.2, 0) is 16.6 Å². The molecule has 1 aliphatic rings. The molecule has 4 rings (SSSR count). The van der Waals surface area contributed by atoms with E-state index in [0.29, 0.717) is 18.0 Å². The van der Waals surface area contributed by atoms with E-state index in [0.717, 1.165) is 47.6 Å². The Morgan fingerprint density at radius 2 is 1.66 bits per heavy atom. The lowest BCUT2D eigenvalue weighted by molar-refractivity contribution is 0.346. The summed E-state index contributed by atoms with van der Waals surface area (Å²) < 4.78 is 29.5. The third-order valence-electron chi connectivity index (χ3n) is 5.20. The van der Waals surface area contributed by atoms with Crippen molar-refractivity contribution >= 4 is 27.0 Å². The molecule has 0 aliphatic carbocycles. The Labute approximate surface area is 176 Å². The van der Waals surface area contributed by atoms with Gasteiger partial charge in [-0.25, -0.2) is 13.4 Å². The minimum absolute atomic E-state index is 0.371. The van der Waals surface area contributed by atoms with Gasteiger partial charge in [0.25, 0.3) is 0 Å². The molecule has 0 N–H and O–H groups in total. The molecular formula is C22H25N3O2S2. The zero-order valence-corrected chi connectivity index (χ0v) is 18.1. The van der Waals surface area contributed by atoms with Gasteiger partial charge >= 0.3 is 0 Å². The summed E-state index contributed by atoms with van der Waals surface area (Å²) >= 11 is 1.59.